The zero-order chi connectivity index (χ0) is 11.1. The molecule has 2 rings (SSSR count). The van der Waals surface area contributed by atoms with Crippen molar-refractivity contribution >= 4 is 21.5 Å². The van der Waals surface area contributed by atoms with Crippen molar-refractivity contribution in [3.8, 4) is 5.75 Å². The number of ether oxygens (including phenoxy) is 1. The summed E-state index contributed by atoms with van der Waals surface area (Å²) in [5.41, 5.74) is 0.663. The van der Waals surface area contributed by atoms with E-state index in [0.29, 0.717) is 17.0 Å². The molecule has 0 radical (unpaired) electrons. The average Bonchev–Trinajstić information content (AvgIpc) is 2.15. The first kappa shape index (κ1) is 9.97. The molecule has 1 aliphatic heterocycles. The number of nitrogens with one attached hydrogen (secondary N) is 1. The van der Waals surface area contributed by atoms with E-state index >= 15 is 0 Å². The number of Topliss-reactive ketones (excluding diaryl/α,β-unsaturated/α-hetero) is 1. The first-order valence-electron chi connectivity index (χ1n) is 4.23. The number of sulfonamides is 1. The van der Waals surface area contributed by atoms with Gasteiger partial charge in [0.15, 0.2) is 5.78 Å². The van der Waals surface area contributed by atoms with E-state index in [-0.39, 0.29) is 0 Å². The number of hydrogen-bond acceptors (Lipinski definition) is 4. The quantitative estimate of drug-likeness (QED) is 0.763. The van der Waals surface area contributed by atoms with Gasteiger partial charge in [0.1, 0.15) is 11.5 Å². The summed E-state index contributed by atoms with van der Waals surface area (Å²) < 4.78 is 29.7. The summed E-state index contributed by atoms with van der Waals surface area (Å²) in [6.45, 7) is 0. The van der Waals surface area contributed by atoms with Gasteiger partial charge in [0.05, 0.1) is 12.8 Å². The smallest absolute Gasteiger partial charge is 0.240 e. The van der Waals surface area contributed by atoms with Crippen molar-refractivity contribution in [2.45, 2.75) is 0 Å². The molecule has 1 N–H and O–H groups in total. The molecule has 0 saturated heterocycles. The first-order chi connectivity index (χ1) is 7.02. The molecule has 0 aromatic heterocycles. The summed E-state index contributed by atoms with van der Waals surface area (Å²) in [4.78, 5) is 11.5. The van der Waals surface area contributed by atoms with Crippen LogP contribution < -0.4 is 9.46 Å². The van der Waals surface area contributed by atoms with Crippen LogP contribution >= 0.6 is 0 Å². The van der Waals surface area contributed by atoms with Crippen molar-refractivity contribution in [1.29, 1.82) is 0 Å². The van der Waals surface area contributed by atoms with Gasteiger partial charge in [0.25, 0.3) is 0 Å². The fraction of sp³-hybridized carbons (Fsp3) is 0.222. The number of carbonyl (C=O) groups excluding carboxylic acids is 1. The van der Waals surface area contributed by atoms with Gasteiger partial charge >= 0.3 is 0 Å². The topological polar surface area (TPSA) is 72.5 Å². The van der Waals surface area contributed by atoms with Gasteiger partial charge in [-0.15, -0.1) is 0 Å². The third-order valence-corrected chi connectivity index (χ3v) is 3.29. The zero-order valence-electron chi connectivity index (χ0n) is 7.98. The Morgan fingerprint density at radius 3 is 2.80 bits per heavy atom. The van der Waals surface area contributed by atoms with Crippen molar-refractivity contribution in [2.75, 3.05) is 17.6 Å². The molecule has 1 aromatic rings. The lowest BCUT2D eigenvalue weighted by Crippen LogP contribution is -2.29. The number of benzene rings is 1. The Morgan fingerprint density at radius 1 is 1.40 bits per heavy atom. The van der Waals surface area contributed by atoms with Gasteiger partial charge in [-0.05, 0) is 18.2 Å². The molecular formula is C9H9NO4S. The van der Waals surface area contributed by atoms with E-state index in [2.05, 4.69) is 4.72 Å². The van der Waals surface area contributed by atoms with Crippen LogP contribution in [0.25, 0.3) is 0 Å². The molecule has 0 atom stereocenters. The highest BCUT2D eigenvalue weighted by molar-refractivity contribution is 7.93. The lowest BCUT2D eigenvalue weighted by atomic mass is 10.1. The molecule has 0 bridgehead atoms. The van der Waals surface area contributed by atoms with Crippen LogP contribution in [-0.2, 0) is 10.0 Å². The fourth-order valence-electron chi connectivity index (χ4n) is 1.42. The Bertz CT molecular complexity index is 521. The molecular weight excluding hydrogens is 218 g/mol. The normalized spacial score (nSPS) is 17.8. The summed E-state index contributed by atoms with van der Waals surface area (Å²) in [7, 11) is -2.02. The maximum atomic E-state index is 11.5. The van der Waals surface area contributed by atoms with E-state index < -0.39 is 21.6 Å². The van der Waals surface area contributed by atoms with Gasteiger partial charge in [-0.1, -0.05) is 0 Å². The monoisotopic (exact) mass is 227 g/mol. The van der Waals surface area contributed by atoms with E-state index in [1.165, 1.54) is 19.2 Å². The third-order valence-electron chi connectivity index (χ3n) is 2.11. The van der Waals surface area contributed by atoms with Crippen molar-refractivity contribution in [2.24, 2.45) is 0 Å². The number of anilines is 1. The SMILES string of the molecule is COc1ccc2c(c1)C(=O)CS(=O)(=O)N2. The third kappa shape index (κ3) is 1.80. The summed E-state index contributed by atoms with van der Waals surface area (Å²) in [6, 6.07) is 4.64. The van der Waals surface area contributed by atoms with Crippen LogP contribution in [0, 0.1) is 0 Å². The van der Waals surface area contributed by atoms with Crippen molar-refractivity contribution in [3.05, 3.63) is 23.8 Å². The Balaban J connectivity index is 2.55. The molecule has 0 unspecified atom stereocenters. The summed E-state index contributed by atoms with van der Waals surface area (Å²) in [5, 5.41) is 0. The molecule has 1 aliphatic rings. The van der Waals surface area contributed by atoms with Crippen LogP contribution in [0.4, 0.5) is 5.69 Å². The van der Waals surface area contributed by atoms with Crippen LogP contribution in [-0.4, -0.2) is 27.1 Å². The second kappa shape index (κ2) is 3.23. The lowest BCUT2D eigenvalue weighted by molar-refractivity contribution is 0.102. The van der Waals surface area contributed by atoms with Gasteiger partial charge < -0.3 is 4.74 Å². The minimum absolute atomic E-state index is 0.312. The van der Waals surface area contributed by atoms with Crippen LogP contribution in [0.15, 0.2) is 18.2 Å². The van der Waals surface area contributed by atoms with Gasteiger partial charge in [-0.2, -0.15) is 0 Å². The Morgan fingerprint density at radius 2 is 2.13 bits per heavy atom. The molecule has 6 heteroatoms. The molecule has 5 nitrogen and oxygen atoms in total. The predicted octanol–water partition coefficient (Wildman–Crippen LogP) is 0.633. The van der Waals surface area contributed by atoms with Crippen LogP contribution in [0.2, 0.25) is 0 Å². The summed E-state index contributed by atoms with van der Waals surface area (Å²) in [6.07, 6.45) is 0. The highest BCUT2D eigenvalue weighted by Crippen LogP contribution is 2.26. The van der Waals surface area contributed by atoms with Gasteiger partial charge in [-0.25, -0.2) is 8.42 Å². The molecule has 1 heterocycles. The van der Waals surface area contributed by atoms with E-state index in [1.807, 2.05) is 0 Å². The Labute approximate surface area is 87.1 Å². The van der Waals surface area contributed by atoms with E-state index in [1.54, 1.807) is 6.07 Å². The average molecular weight is 227 g/mol. The Kier molecular flexibility index (Phi) is 2.15. The van der Waals surface area contributed by atoms with Crippen molar-refractivity contribution in [3.63, 3.8) is 0 Å². The predicted molar refractivity (Wildman–Crippen MR) is 54.7 cm³/mol. The second-order valence-corrected chi connectivity index (χ2v) is 4.92. The minimum Gasteiger partial charge on any atom is -0.497 e. The number of methoxy groups -OCH3 is 1. The Hall–Kier alpha value is -1.56. The van der Waals surface area contributed by atoms with E-state index in [9.17, 15) is 13.2 Å². The summed E-state index contributed by atoms with van der Waals surface area (Å²) >= 11 is 0. The second-order valence-electron chi connectivity index (χ2n) is 3.20. The molecule has 0 fully saturated rings. The van der Waals surface area contributed by atoms with E-state index in [4.69, 9.17) is 4.74 Å². The first-order valence-corrected chi connectivity index (χ1v) is 5.89. The number of ketones is 1. The van der Waals surface area contributed by atoms with Crippen LogP contribution in [0.3, 0.4) is 0 Å². The summed E-state index contributed by atoms with van der Waals surface area (Å²) in [5.74, 6) is -0.390. The highest BCUT2D eigenvalue weighted by Gasteiger charge is 2.27. The van der Waals surface area contributed by atoms with Crippen molar-refractivity contribution in [1.82, 2.24) is 0 Å². The highest BCUT2D eigenvalue weighted by atomic mass is 32.2. The zero-order valence-corrected chi connectivity index (χ0v) is 8.80. The number of carbonyl (C=O) groups is 1. The van der Waals surface area contributed by atoms with Crippen LogP contribution in [0.1, 0.15) is 10.4 Å². The molecule has 0 amide bonds. The minimum atomic E-state index is -3.51. The lowest BCUT2D eigenvalue weighted by Gasteiger charge is -2.17. The van der Waals surface area contributed by atoms with Gasteiger partial charge in [0, 0.05) is 5.56 Å². The molecule has 80 valence electrons. The van der Waals surface area contributed by atoms with Gasteiger partial charge in [-0.3, -0.25) is 9.52 Å². The molecule has 0 spiro atoms. The number of rotatable bonds is 1. The number of hydrogen-bond donors (Lipinski definition) is 1. The molecule has 15 heavy (non-hydrogen) atoms. The standard InChI is InChI=1S/C9H9NO4S/c1-14-6-2-3-8-7(4-6)9(11)5-15(12,13)10-8/h2-4,10H,5H2,1H3. The maximum Gasteiger partial charge on any atom is 0.240 e. The van der Waals surface area contributed by atoms with Gasteiger partial charge in [0.2, 0.25) is 10.0 Å². The largest absolute Gasteiger partial charge is 0.497 e. The molecule has 1 aromatic carbocycles. The number of fused-ring (bicyclic) bond motifs is 1. The van der Waals surface area contributed by atoms with Crippen LogP contribution in [0.5, 0.6) is 5.75 Å². The van der Waals surface area contributed by atoms with Crippen molar-refractivity contribution < 1.29 is 17.9 Å². The molecule has 0 aliphatic carbocycles. The fourth-order valence-corrected chi connectivity index (χ4v) is 2.51. The maximum absolute atomic E-state index is 11.5. The molecule has 0 saturated carbocycles. The van der Waals surface area contributed by atoms with E-state index in [0.717, 1.165) is 0 Å².